The fraction of sp³-hybridized carbons (Fsp3) is 0.462. The molecule has 5 heteroatoms. The maximum atomic E-state index is 12.4. The van der Waals surface area contributed by atoms with Gasteiger partial charge in [-0.3, -0.25) is 0 Å². The van der Waals surface area contributed by atoms with Gasteiger partial charge in [0.1, 0.15) is 0 Å². The van der Waals surface area contributed by atoms with Crippen LogP contribution in [0.1, 0.15) is 42.5 Å². The van der Waals surface area contributed by atoms with E-state index in [4.69, 9.17) is 5.11 Å². The zero-order chi connectivity index (χ0) is 13.2. The molecule has 1 aromatic rings. The van der Waals surface area contributed by atoms with Crippen LogP contribution in [0.5, 0.6) is 0 Å². The summed E-state index contributed by atoms with van der Waals surface area (Å²) in [5.41, 5.74) is -0.122. The van der Waals surface area contributed by atoms with Crippen LogP contribution >= 0.6 is 0 Å². The molecule has 0 spiro atoms. The highest BCUT2D eigenvalue weighted by Gasteiger charge is 2.31. The van der Waals surface area contributed by atoms with Crippen molar-refractivity contribution in [2.45, 2.75) is 42.2 Å². The average molecular weight is 268 g/mol. The first kappa shape index (κ1) is 13.1. The highest BCUT2D eigenvalue weighted by atomic mass is 32.2. The van der Waals surface area contributed by atoms with Crippen LogP contribution in [0.3, 0.4) is 0 Å². The number of carbonyl (C=O) groups is 1. The molecule has 0 heterocycles. The Morgan fingerprint density at radius 3 is 2.33 bits per heavy atom. The molecular weight excluding hydrogens is 252 g/mol. The van der Waals surface area contributed by atoms with Crippen molar-refractivity contribution in [3.05, 3.63) is 29.8 Å². The molecule has 0 atom stereocenters. The number of rotatable bonds is 3. The summed E-state index contributed by atoms with van der Waals surface area (Å²) in [4.78, 5) is 11.0. The van der Waals surface area contributed by atoms with E-state index in [1.807, 2.05) is 0 Å². The second kappa shape index (κ2) is 5.10. The van der Waals surface area contributed by atoms with Crippen molar-refractivity contribution in [2.75, 3.05) is 0 Å². The Bertz CT molecular complexity index is 542. The van der Waals surface area contributed by atoms with Crippen molar-refractivity contribution < 1.29 is 18.3 Å². The van der Waals surface area contributed by atoms with E-state index in [-0.39, 0.29) is 10.5 Å². The minimum absolute atomic E-state index is 0.0376. The quantitative estimate of drug-likeness (QED) is 0.914. The second-order valence-electron chi connectivity index (χ2n) is 4.61. The van der Waals surface area contributed by atoms with Crippen molar-refractivity contribution in [1.82, 2.24) is 0 Å². The normalized spacial score (nSPS) is 17.6. The Labute approximate surface area is 107 Å². The molecule has 0 radical (unpaired) electrons. The van der Waals surface area contributed by atoms with Crippen LogP contribution < -0.4 is 0 Å². The Kier molecular flexibility index (Phi) is 3.71. The van der Waals surface area contributed by atoms with Gasteiger partial charge in [-0.15, -0.1) is 0 Å². The van der Waals surface area contributed by atoms with Gasteiger partial charge in [-0.2, -0.15) is 0 Å². The highest BCUT2D eigenvalue weighted by Crippen LogP contribution is 2.30. The van der Waals surface area contributed by atoms with Crippen molar-refractivity contribution >= 4 is 15.8 Å². The van der Waals surface area contributed by atoms with Gasteiger partial charge in [-0.05, 0) is 25.0 Å². The molecule has 0 saturated heterocycles. The van der Waals surface area contributed by atoms with E-state index >= 15 is 0 Å². The van der Waals surface area contributed by atoms with Gasteiger partial charge in [0, 0.05) is 0 Å². The standard InChI is InChI=1S/C13H16O4S/c14-13(15)11-8-4-5-9-12(11)18(16,17)10-6-2-1-3-7-10/h4-5,8-10H,1-3,6-7H2,(H,14,15). The van der Waals surface area contributed by atoms with E-state index in [2.05, 4.69) is 0 Å². The third kappa shape index (κ3) is 2.41. The fourth-order valence-corrected chi connectivity index (χ4v) is 4.49. The molecular formula is C13H16O4S. The third-order valence-corrected chi connectivity index (χ3v) is 5.73. The molecule has 1 saturated carbocycles. The molecule has 2 rings (SSSR count). The smallest absolute Gasteiger partial charge is 0.337 e. The first-order chi connectivity index (χ1) is 8.53. The summed E-state index contributed by atoms with van der Waals surface area (Å²) in [6.45, 7) is 0. The minimum atomic E-state index is -3.52. The molecule has 1 aromatic carbocycles. The van der Waals surface area contributed by atoms with E-state index in [1.54, 1.807) is 12.1 Å². The Morgan fingerprint density at radius 1 is 1.11 bits per heavy atom. The summed E-state index contributed by atoms with van der Waals surface area (Å²) in [6, 6.07) is 5.86. The van der Waals surface area contributed by atoms with Crippen LogP contribution in [0.4, 0.5) is 0 Å². The molecule has 0 amide bonds. The Balaban J connectivity index is 2.43. The van der Waals surface area contributed by atoms with Gasteiger partial charge in [0.2, 0.25) is 0 Å². The largest absolute Gasteiger partial charge is 0.478 e. The van der Waals surface area contributed by atoms with Crippen LogP contribution in [0.15, 0.2) is 29.2 Å². The summed E-state index contributed by atoms with van der Waals surface area (Å²) in [5.74, 6) is -1.19. The summed E-state index contributed by atoms with van der Waals surface area (Å²) < 4.78 is 24.9. The number of benzene rings is 1. The first-order valence-corrected chi connectivity index (χ1v) is 7.64. The molecule has 0 bridgehead atoms. The number of carboxylic acid groups (broad SMARTS) is 1. The molecule has 1 aliphatic carbocycles. The van der Waals surface area contributed by atoms with Crippen molar-refractivity contribution in [2.24, 2.45) is 0 Å². The van der Waals surface area contributed by atoms with E-state index in [0.29, 0.717) is 12.8 Å². The van der Waals surface area contributed by atoms with E-state index in [1.165, 1.54) is 12.1 Å². The SMILES string of the molecule is O=C(O)c1ccccc1S(=O)(=O)C1CCCCC1. The first-order valence-electron chi connectivity index (χ1n) is 6.09. The lowest BCUT2D eigenvalue weighted by Crippen LogP contribution is -2.25. The average Bonchev–Trinajstić information content (AvgIpc) is 2.39. The van der Waals surface area contributed by atoms with Crippen LogP contribution in [0.25, 0.3) is 0 Å². The Morgan fingerprint density at radius 2 is 1.72 bits per heavy atom. The van der Waals surface area contributed by atoms with E-state index in [9.17, 15) is 13.2 Å². The monoisotopic (exact) mass is 268 g/mol. The van der Waals surface area contributed by atoms with Crippen molar-refractivity contribution in [1.29, 1.82) is 0 Å². The maximum absolute atomic E-state index is 12.4. The van der Waals surface area contributed by atoms with Crippen LogP contribution in [-0.4, -0.2) is 24.7 Å². The lowest BCUT2D eigenvalue weighted by atomic mass is 10.0. The van der Waals surface area contributed by atoms with Crippen LogP contribution in [0, 0.1) is 0 Å². The number of sulfone groups is 1. The van der Waals surface area contributed by atoms with Gasteiger partial charge >= 0.3 is 5.97 Å². The molecule has 0 aromatic heterocycles. The lowest BCUT2D eigenvalue weighted by molar-refractivity contribution is 0.0692. The number of carboxylic acids is 1. The topological polar surface area (TPSA) is 71.4 Å². The van der Waals surface area contributed by atoms with Crippen molar-refractivity contribution in [3.8, 4) is 0 Å². The van der Waals surface area contributed by atoms with Crippen LogP contribution in [0.2, 0.25) is 0 Å². The summed E-state index contributed by atoms with van der Waals surface area (Å²) in [7, 11) is -3.52. The molecule has 1 N–H and O–H groups in total. The van der Waals surface area contributed by atoms with Gasteiger partial charge in [0.25, 0.3) is 0 Å². The molecule has 0 unspecified atom stereocenters. The molecule has 4 nitrogen and oxygen atoms in total. The number of aromatic carboxylic acids is 1. The fourth-order valence-electron chi connectivity index (χ4n) is 2.45. The predicted octanol–water partition coefficient (Wildman–Crippen LogP) is 2.49. The van der Waals surface area contributed by atoms with Crippen LogP contribution in [-0.2, 0) is 9.84 Å². The molecule has 18 heavy (non-hydrogen) atoms. The van der Waals surface area contributed by atoms with Gasteiger partial charge in [-0.1, -0.05) is 31.4 Å². The van der Waals surface area contributed by atoms with Gasteiger partial charge in [-0.25, -0.2) is 13.2 Å². The molecule has 1 fully saturated rings. The van der Waals surface area contributed by atoms with E-state index < -0.39 is 21.1 Å². The second-order valence-corrected chi connectivity index (χ2v) is 6.80. The summed E-state index contributed by atoms with van der Waals surface area (Å²) in [6.07, 6.45) is 4.14. The Hall–Kier alpha value is -1.36. The van der Waals surface area contributed by atoms with Gasteiger partial charge < -0.3 is 5.11 Å². The van der Waals surface area contributed by atoms with E-state index in [0.717, 1.165) is 19.3 Å². The van der Waals surface area contributed by atoms with Crippen molar-refractivity contribution in [3.63, 3.8) is 0 Å². The lowest BCUT2D eigenvalue weighted by Gasteiger charge is -2.22. The maximum Gasteiger partial charge on any atom is 0.337 e. The highest BCUT2D eigenvalue weighted by molar-refractivity contribution is 7.92. The zero-order valence-corrected chi connectivity index (χ0v) is 10.8. The van der Waals surface area contributed by atoms with Gasteiger partial charge in [0.05, 0.1) is 15.7 Å². The summed E-state index contributed by atoms with van der Waals surface area (Å²) in [5, 5.41) is 8.64. The molecule has 1 aliphatic rings. The molecule has 0 aliphatic heterocycles. The molecule has 98 valence electrons. The number of hydrogen-bond acceptors (Lipinski definition) is 3. The van der Waals surface area contributed by atoms with Gasteiger partial charge in [0.15, 0.2) is 9.84 Å². The summed E-state index contributed by atoms with van der Waals surface area (Å²) >= 11 is 0. The predicted molar refractivity (Wildman–Crippen MR) is 67.5 cm³/mol. The minimum Gasteiger partial charge on any atom is -0.478 e. The number of hydrogen-bond donors (Lipinski definition) is 1. The zero-order valence-electron chi connectivity index (χ0n) is 10.0. The third-order valence-electron chi connectivity index (χ3n) is 3.42.